The zero-order valence-corrected chi connectivity index (χ0v) is 19.0. The van der Waals surface area contributed by atoms with Crippen LogP contribution in [0, 0.1) is 0 Å². The number of carbonyl (C=O) groups excluding carboxylic acids is 3. The number of carbonyl (C=O) groups is 3. The molecule has 1 heterocycles. The van der Waals surface area contributed by atoms with Gasteiger partial charge in [0, 0.05) is 5.69 Å². The van der Waals surface area contributed by atoms with E-state index in [1.54, 1.807) is 43.3 Å². The Bertz CT molecular complexity index is 883. The number of nitrogens with zero attached hydrogens (tertiary/aromatic N) is 1. The third-order valence-corrected chi connectivity index (χ3v) is 7.55. The molecular formula is C23H25NO5S2. The van der Waals surface area contributed by atoms with Gasteiger partial charge in [0.15, 0.2) is 6.61 Å². The Kier molecular flexibility index (Phi) is 8.85. The van der Waals surface area contributed by atoms with Gasteiger partial charge in [-0.3, -0.25) is 14.5 Å². The van der Waals surface area contributed by atoms with Crippen molar-refractivity contribution in [2.75, 3.05) is 36.2 Å². The SMILES string of the molecule is CCOC(=O)CN(C(=O)COC(=O)c1ccc(C2SCCCS2)cc1)c1ccccc1. The highest BCUT2D eigenvalue weighted by atomic mass is 32.2. The van der Waals surface area contributed by atoms with Crippen molar-refractivity contribution in [3.8, 4) is 0 Å². The molecule has 0 unspecified atom stereocenters. The maximum Gasteiger partial charge on any atom is 0.338 e. The first-order chi connectivity index (χ1) is 15.1. The lowest BCUT2D eigenvalue weighted by molar-refractivity contribution is -0.142. The molecule has 0 saturated carbocycles. The number of benzene rings is 2. The average molecular weight is 460 g/mol. The molecule has 164 valence electrons. The molecule has 0 radical (unpaired) electrons. The third-order valence-electron chi connectivity index (χ3n) is 4.53. The van der Waals surface area contributed by atoms with Gasteiger partial charge in [-0.2, -0.15) is 0 Å². The lowest BCUT2D eigenvalue weighted by Crippen LogP contribution is -2.39. The van der Waals surface area contributed by atoms with Crippen molar-refractivity contribution in [1.82, 2.24) is 0 Å². The number of ether oxygens (including phenoxy) is 2. The van der Waals surface area contributed by atoms with Crippen molar-refractivity contribution in [3.05, 3.63) is 65.7 Å². The van der Waals surface area contributed by atoms with Crippen LogP contribution in [0.5, 0.6) is 0 Å². The molecule has 2 aromatic rings. The van der Waals surface area contributed by atoms with Crippen LogP contribution in [0.3, 0.4) is 0 Å². The number of hydrogen-bond donors (Lipinski definition) is 0. The van der Waals surface area contributed by atoms with Crippen LogP contribution in [0.2, 0.25) is 0 Å². The fourth-order valence-corrected chi connectivity index (χ4v) is 5.91. The van der Waals surface area contributed by atoms with Crippen molar-refractivity contribution < 1.29 is 23.9 Å². The molecule has 0 aromatic heterocycles. The molecular weight excluding hydrogens is 434 g/mol. The Morgan fingerprint density at radius 1 is 0.968 bits per heavy atom. The van der Waals surface area contributed by atoms with Gasteiger partial charge in [-0.1, -0.05) is 30.3 Å². The topological polar surface area (TPSA) is 72.9 Å². The first-order valence-electron chi connectivity index (χ1n) is 10.1. The van der Waals surface area contributed by atoms with E-state index in [4.69, 9.17) is 9.47 Å². The largest absolute Gasteiger partial charge is 0.465 e. The summed E-state index contributed by atoms with van der Waals surface area (Å²) >= 11 is 3.83. The van der Waals surface area contributed by atoms with E-state index in [0.717, 1.165) is 11.5 Å². The van der Waals surface area contributed by atoms with Crippen molar-refractivity contribution >= 4 is 47.1 Å². The number of amides is 1. The van der Waals surface area contributed by atoms with E-state index in [2.05, 4.69) is 0 Å². The molecule has 2 aromatic carbocycles. The van der Waals surface area contributed by atoms with Gasteiger partial charge in [0.2, 0.25) is 0 Å². The van der Waals surface area contributed by atoms with Crippen LogP contribution in [0.25, 0.3) is 0 Å². The van der Waals surface area contributed by atoms with Crippen LogP contribution in [0.15, 0.2) is 54.6 Å². The highest BCUT2D eigenvalue weighted by Gasteiger charge is 2.22. The van der Waals surface area contributed by atoms with Gasteiger partial charge >= 0.3 is 11.9 Å². The van der Waals surface area contributed by atoms with E-state index >= 15 is 0 Å². The molecule has 1 fully saturated rings. The van der Waals surface area contributed by atoms with E-state index in [1.165, 1.54) is 16.9 Å². The summed E-state index contributed by atoms with van der Waals surface area (Å²) in [5.41, 5.74) is 2.09. The predicted molar refractivity (Wildman–Crippen MR) is 124 cm³/mol. The fraction of sp³-hybridized carbons (Fsp3) is 0.348. The van der Waals surface area contributed by atoms with Gasteiger partial charge in [-0.05, 0) is 54.7 Å². The van der Waals surface area contributed by atoms with E-state index in [1.807, 2.05) is 41.7 Å². The van der Waals surface area contributed by atoms with Gasteiger partial charge < -0.3 is 9.47 Å². The first-order valence-corrected chi connectivity index (χ1v) is 12.2. The predicted octanol–water partition coefficient (Wildman–Crippen LogP) is 4.31. The van der Waals surface area contributed by atoms with Gasteiger partial charge in [-0.15, -0.1) is 23.5 Å². The third kappa shape index (κ3) is 6.77. The molecule has 0 N–H and O–H groups in total. The minimum Gasteiger partial charge on any atom is -0.465 e. The fourth-order valence-electron chi connectivity index (χ4n) is 3.01. The number of hydrogen-bond acceptors (Lipinski definition) is 7. The van der Waals surface area contributed by atoms with Gasteiger partial charge in [0.1, 0.15) is 6.54 Å². The summed E-state index contributed by atoms with van der Waals surface area (Å²) < 4.78 is 10.6. The second-order valence-corrected chi connectivity index (χ2v) is 9.47. The Labute approximate surface area is 190 Å². The van der Waals surface area contributed by atoms with E-state index < -0.39 is 24.5 Å². The number of rotatable bonds is 8. The summed E-state index contributed by atoms with van der Waals surface area (Å²) in [7, 11) is 0. The van der Waals surface area contributed by atoms with Crippen LogP contribution in [-0.2, 0) is 19.1 Å². The number of anilines is 1. The standard InChI is InChI=1S/C23H25NO5S2/c1-2-28-21(26)15-24(19-7-4-3-5-8-19)20(25)16-29-22(27)17-9-11-18(12-10-17)23-30-13-6-14-31-23/h3-5,7-12,23H,2,6,13-16H2,1H3. The molecule has 8 heteroatoms. The number of thioether (sulfide) groups is 2. The number of para-hydroxylation sites is 1. The minimum absolute atomic E-state index is 0.221. The molecule has 0 atom stereocenters. The highest BCUT2D eigenvalue weighted by molar-refractivity contribution is 8.16. The van der Waals surface area contributed by atoms with Crippen LogP contribution in [0.4, 0.5) is 5.69 Å². The van der Waals surface area contributed by atoms with Gasteiger partial charge in [-0.25, -0.2) is 4.79 Å². The smallest absolute Gasteiger partial charge is 0.338 e. The summed E-state index contributed by atoms with van der Waals surface area (Å²) in [5.74, 6) is 0.688. The maximum absolute atomic E-state index is 12.7. The monoisotopic (exact) mass is 459 g/mol. The Balaban J connectivity index is 1.60. The Morgan fingerprint density at radius 2 is 1.65 bits per heavy atom. The lowest BCUT2D eigenvalue weighted by Gasteiger charge is -2.22. The van der Waals surface area contributed by atoms with Gasteiger partial charge in [0.05, 0.1) is 16.8 Å². The summed E-state index contributed by atoms with van der Waals surface area (Å²) in [5, 5.41) is 0. The van der Waals surface area contributed by atoms with Crippen molar-refractivity contribution in [2.45, 2.75) is 17.9 Å². The zero-order chi connectivity index (χ0) is 22.1. The second-order valence-electron chi connectivity index (χ2n) is 6.75. The van der Waals surface area contributed by atoms with Crippen molar-refractivity contribution in [2.24, 2.45) is 0 Å². The quantitative estimate of drug-likeness (QED) is 0.545. The summed E-state index contributed by atoms with van der Waals surface area (Å²) in [6.07, 6.45) is 1.22. The summed E-state index contributed by atoms with van der Waals surface area (Å²) in [6.45, 7) is 1.20. The zero-order valence-electron chi connectivity index (χ0n) is 17.3. The average Bonchev–Trinajstić information content (AvgIpc) is 2.82. The maximum atomic E-state index is 12.7. The van der Waals surface area contributed by atoms with E-state index in [9.17, 15) is 14.4 Å². The normalized spacial score (nSPS) is 14.0. The Hall–Kier alpha value is -2.45. The molecule has 1 saturated heterocycles. The Morgan fingerprint density at radius 3 is 2.29 bits per heavy atom. The van der Waals surface area contributed by atoms with Crippen LogP contribution in [-0.4, -0.2) is 49.1 Å². The summed E-state index contributed by atoms with van der Waals surface area (Å²) in [4.78, 5) is 38.3. The van der Waals surface area contributed by atoms with Crippen LogP contribution < -0.4 is 4.90 Å². The highest BCUT2D eigenvalue weighted by Crippen LogP contribution is 2.43. The molecule has 6 nitrogen and oxygen atoms in total. The molecule has 0 spiro atoms. The van der Waals surface area contributed by atoms with Crippen molar-refractivity contribution in [3.63, 3.8) is 0 Å². The number of esters is 2. The lowest BCUT2D eigenvalue weighted by atomic mass is 10.1. The van der Waals surface area contributed by atoms with E-state index in [0.29, 0.717) is 15.8 Å². The minimum atomic E-state index is -0.576. The second kappa shape index (κ2) is 11.8. The van der Waals surface area contributed by atoms with Crippen LogP contribution in [0.1, 0.15) is 33.8 Å². The summed E-state index contributed by atoms with van der Waals surface area (Å²) in [6, 6.07) is 16.1. The molecule has 3 rings (SSSR count). The molecule has 1 amide bonds. The molecule has 31 heavy (non-hydrogen) atoms. The van der Waals surface area contributed by atoms with Crippen molar-refractivity contribution in [1.29, 1.82) is 0 Å². The molecule has 0 aliphatic carbocycles. The first kappa shape index (κ1) is 23.2. The van der Waals surface area contributed by atoms with E-state index in [-0.39, 0.29) is 13.2 Å². The van der Waals surface area contributed by atoms with Crippen LogP contribution >= 0.6 is 23.5 Å². The molecule has 1 aliphatic rings. The molecule has 1 aliphatic heterocycles. The molecule has 0 bridgehead atoms. The van der Waals surface area contributed by atoms with Gasteiger partial charge in [0.25, 0.3) is 5.91 Å².